The third-order valence-electron chi connectivity index (χ3n) is 1.82. The molecule has 0 spiro atoms. The van der Waals surface area contributed by atoms with Crippen LogP contribution in [-0.4, -0.2) is 0 Å². The molecule has 0 aliphatic rings. The minimum atomic E-state index is 0.959. The molecule has 0 saturated heterocycles. The van der Waals surface area contributed by atoms with E-state index in [2.05, 4.69) is 35.0 Å². The molecule has 2 heterocycles. The summed E-state index contributed by atoms with van der Waals surface area (Å²) in [5.74, 6) is 0.959. The van der Waals surface area contributed by atoms with Gasteiger partial charge in [-0.25, -0.2) is 0 Å². The fraction of sp³-hybridized carbons (Fsp3) is 0.100. The van der Waals surface area contributed by atoms with E-state index in [1.54, 1.807) is 6.26 Å². The lowest BCUT2D eigenvalue weighted by Gasteiger charge is -2.01. The molecule has 0 unspecified atom stereocenters. The molecule has 0 saturated carbocycles. The Kier molecular flexibility index (Phi) is 2.52. The molecule has 2 rings (SSSR count). The van der Waals surface area contributed by atoms with E-state index in [4.69, 9.17) is 4.42 Å². The molecule has 3 heteroatoms. The molecule has 13 heavy (non-hydrogen) atoms. The Morgan fingerprint density at radius 1 is 1.31 bits per heavy atom. The summed E-state index contributed by atoms with van der Waals surface area (Å²) in [5.41, 5.74) is 1.26. The van der Waals surface area contributed by atoms with E-state index < -0.39 is 0 Å². The van der Waals surface area contributed by atoms with Gasteiger partial charge in [0.15, 0.2) is 0 Å². The van der Waals surface area contributed by atoms with Crippen LogP contribution in [0.15, 0.2) is 39.2 Å². The highest BCUT2D eigenvalue weighted by Gasteiger charge is 2.04. The van der Waals surface area contributed by atoms with Crippen molar-refractivity contribution in [3.05, 3.63) is 40.3 Å². The van der Waals surface area contributed by atoms with E-state index in [1.807, 2.05) is 12.1 Å². The second kappa shape index (κ2) is 3.65. The lowest BCUT2D eigenvalue weighted by atomic mass is 10.2. The van der Waals surface area contributed by atoms with Crippen molar-refractivity contribution in [2.75, 3.05) is 0 Å². The zero-order valence-electron chi connectivity index (χ0n) is 7.12. The summed E-state index contributed by atoms with van der Waals surface area (Å²) in [6.45, 7) is 2.10. The van der Waals surface area contributed by atoms with Gasteiger partial charge in [0, 0.05) is 9.50 Å². The molecule has 0 radical (unpaired) electrons. The first-order chi connectivity index (χ1) is 6.27. The van der Waals surface area contributed by atoms with Crippen molar-refractivity contribution in [2.45, 2.75) is 6.92 Å². The fourth-order valence-electron chi connectivity index (χ4n) is 1.17. The van der Waals surface area contributed by atoms with Crippen LogP contribution >= 0.6 is 24.1 Å². The molecule has 0 amide bonds. The Balaban J connectivity index is 2.57. The molecule has 0 aliphatic heterocycles. The minimum absolute atomic E-state index is 0.959. The summed E-state index contributed by atoms with van der Waals surface area (Å²) in [6.07, 6.45) is 1.71. The van der Waals surface area contributed by atoms with E-state index in [-0.39, 0.29) is 0 Å². The Morgan fingerprint density at radius 2 is 2.15 bits per heavy atom. The predicted molar refractivity (Wildman–Crippen MR) is 59.1 cm³/mol. The molecule has 0 fully saturated rings. The molecule has 66 valence electrons. The molecule has 2 aromatic heterocycles. The highest BCUT2D eigenvalue weighted by Crippen LogP contribution is 2.36. The second-order valence-corrected chi connectivity index (χ2v) is 5.40. The first-order valence-corrected chi connectivity index (χ1v) is 5.63. The van der Waals surface area contributed by atoms with Crippen molar-refractivity contribution in [1.82, 2.24) is 0 Å². The molecule has 0 aliphatic carbocycles. The van der Waals surface area contributed by atoms with Gasteiger partial charge in [-0.2, -0.15) is 0 Å². The smallest absolute Gasteiger partial charge is 0.138 e. The highest BCUT2D eigenvalue weighted by atomic mass is 79.9. The zero-order chi connectivity index (χ0) is 9.26. The van der Waals surface area contributed by atoms with Crippen LogP contribution in [0.4, 0.5) is 0 Å². The van der Waals surface area contributed by atoms with Gasteiger partial charge in [-0.3, -0.25) is 0 Å². The van der Waals surface area contributed by atoms with E-state index in [9.17, 15) is 0 Å². The maximum Gasteiger partial charge on any atom is 0.138 e. The summed E-state index contributed by atoms with van der Waals surface area (Å²) in [5, 5.41) is 1.24. The van der Waals surface area contributed by atoms with Gasteiger partial charge in [-0.15, -0.1) is 0 Å². The Morgan fingerprint density at radius 3 is 2.85 bits per heavy atom. The maximum absolute atomic E-state index is 5.36. The van der Waals surface area contributed by atoms with Crippen molar-refractivity contribution < 1.29 is 4.42 Å². The van der Waals surface area contributed by atoms with Crippen LogP contribution in [0, 0.1) is 6.92 Å². The summed E-state index contributed by atoms with van der Waals surface area (Å²) in [7, 11) is 1.18. The highest BCUT2D eigenvalue weighted by molar-refractivity contribution is 9.11. The molecule has 0 N–H and O–H groups in total. The molecule has 0 atom stereocenters. The largest absolute Gasteiger partial charge is 0.464 e. The monoisotopic (exact) mass is 254 g/mol. The van der Waals surface area contributed by atoms with Gasteiger partial charge in [-0.1, -0.05) is 6.07 Å². The molecule has 0 bridgehead atoms. The van der Waals surface area contributed by atoms with Crippen molar-refractivity contribution in [2.24, 2.45) is 0 Å². The SMILES string of the molecule is Cc1ccc(Br)pc1-c1ccco1. The summed E-state index contributed by atoms with van der Waals surface area (Å²) < 4.78 is 6.53. The lowest BCUT2D eigenvalue weighted by Crippen LogP contribution is -1.75. The van der Waals surface area contributed by atoms with Gasteiger partial charge in [0.1, 0.15) is 5.76 Å². The van der Waals surface area contributed by atoms with Crippen molar-refractivity contribution in [3.8, 4) is 11.1 Å². The quantitative estimate of drug-likeness (QED) is 0.725. The first kappa shape index (κ1) is 8.98. The van der Waals surface area contributed by atoms with Crippen LogP contribution in [0.25, 0.3) is 11.1 Å². The standard InChI is InChI=1S/C10H8BrOP/c1-7-4-5-9(11)13-10(7)8-3-2-6-12-8/h2-6H,1H3. The lowest BCUT2D eigenvalue weighted by molar-refractivity contribution is 0.583. The van der Waals surface area contributed by atoms with Crippen molar-refractivity contribution in [3.63, 3.8) is 0 Å². The predicted octanol–water partition coefficient (Wildman–Crippen LogP) is 4.60. The number of rotatable bonds is 1. The maximum atomic E-state index is 5.36. The number of furan rings is 1. The van der Waals surface area contributed by atoms with E-state index in [0.717, 1.165) is 5.76 Å². The number of aryl methyl sites for hydroxylation is 1. The van der Waals surface area contributed by atoms with Gasteiger partial charge in [-0.05, 0) is 54.8 Å². The topological polar surface area (TPSA) is 13.1 Å². The molecular weight excluding hydrogens is 247 g/mol. The fourth-order valence-corrected chi connectivity index (χ4v) is 2.68. The molecule has 1 nitrogen and oxygen atoms in total. The van der Waals surface area contributed by atoms with Crippen molar-refractivity contribution >= 4 is 24.1 Å². The first-order valence-electron chi connectivity index (χ1n) is 3.94. The van der Waals surface area contributed by atoms with Crippen LogP contribution in [-0.2, 0) is 0 Å². The van der Waals surface area contributed by atoms with Gasteiger partial charge < -0.3 is 4.42 Å². The number of hydrogen-bond acceptors (Lipinski definition) is 1. The Bertz CT molecular complexity index is 409. The van der Waals surface area contributed by atoms with Crippen LogP contribution in [0.3, 0.4) is 0 Å². The van der Waals surface area contributed by atoms with Crippen LogP contribution < -0.4 is 0 Å². The van der Waals surface area contributed by atoms with Crippen LogP contribution in [0.5, 0.6) is 0 Å². The summed E-state index contributed by atoms with van der Waals surface area (Å²) in [6, 6.07) is 8.07. The van der Waals surface area contributed by atoms with Crippen molar-refractivity contribution in [1.29, 1.82) is 0 Å². The van der Waals surface area contributed by atoms with Gasteiger partial charge in [0.2, 0.25) is 0 Å². The third-order valence-corrected chi connectivity index (χ3v) is 3.77. The van der Waals surface area contributed by atoms with E-state index >= 15 is 0 Å². The second-order valence-electron chi connectivity index (χ2n) is 2.78. The summed E-state index contributed by atoms with van der Waals surface area (Å²) in [4.78, 5) is 0. The molecule has 2 aromatic rings. The van der Waals surface area contributed by atoms with Gasteiger partial charge in [0.25, 0.3) is 0 Å². The molecule has 0 aromatic carbocycles. The van der Waals surface area contributed by atoms with Crippen LogP contribution in [0.1, 0.15) is 5.56 Å². The van der Waals surface area contributed by atoms with E-state index in [0.29, 0.717) is 0 Å². The zero-order valence-corrected chi connectivity index (χ0v) is 9.60. The van der Waals surface area contributed by atoms with Crippen LogP contribution in [0.2, 0.25) is 0 Å². The minimum Gasteiger partial charge on any atom is -0.464 e. The van der Waals surface area contributed by atoms with E-state index in [1.165, 1.54) is 23.3 Å². The van der Waals surface area contributed by atoms with Gasteiger partial charge in [0.05, 0.1) is 6.26 Å². The van der Waals surface area contributed by atoms with Gasteiger partial charge >= 0.3 is 0 Å². The normalized spacial score (nSPS) is 10.9. The molecular formula is C10H8BrOP. The summed E-state index contributed by atoms with van der Waals surface area (Å²) >= 11 is 3.48. The Labute approximate surface area is 87.0 Å². The average molecular weight is 255 g/mol. The number of halogens is 1. The Hall–Kier alpha value is -0.590. The number of hydrogen-bond donors (Lipinski definition) is 0. The third kappa shape index (κ3) is 1.84. The average Bonchev–Trinajstić information content (AvgIpc) is 2.61.